The first-order chi connectivity index (χ1) is 16.8. The van der Waals surface area contributed by atoms with Gasteiger partial charge in [0.25, 0.3) is 5.91 Å². The average molecular weight is 493 g/mol. The number of nitrogens with zero attached hydrogens (tertiary/aromatic N) is 3. The number of hydrogen-bond donors (Lipinski definition) is 1. The minimum absolute atomic E-state index is 0.133. The lowest BCUT2D eigenvalue weighted by Crippen LogP contribution is -2.63. The number of fused-ring (bicyclic) bond motifs is 1. The predicted molar refractivity (Wildman–Crippen MR) is 128 cm³/mol. The summed E-state index contributed by atoms with van der Waals surface area (Å²) < 4.78 is 20.2. The van der Waals surface area contributed by atoms with Crippen molar-refractivity contribution in [1.82, 2.24) is 20.0 Å². The highest BCUT2D eigenvalue weighted by molar-refractivity contribution is 6.31. The Morgan fingerprint density at radius 3 is 2.66 bits per heavy atom. The molecule has 35 heavy (non-hydrogen) atoms. The fourth-order valence-electron chi connectivity index (χ4n) is 4.21. The van der Waals surface area contributed by atoms with Crippen LogP contribution in [0.25, 0.3) is 11.5 Å². The topological polar surface area (TPSA) is 80.4 Å². The largest absolute Gasteiger partial charge is 0.463 e. The highest BCUT2D eigenvalue weighted by atomic mass is 35.5. The fraction of sp³-hybridized carbons (Fsp3) is 0.192. The summed E-state index contributed by atoms with van der Waals surface area (Å²) in [5, 5.41) is 7.94. The van der Waals surface area contributed by atoms with Crippen LogP contribution in [0.2, 0.25) is 5.02 Å². The van der Waals surface area contributed by atoms with Gasteiger partial charge in [-0.3, -0.25) is 14.3 Å². The smallest absolute Gasteiger partial charge is 0.273 e. The zero-order valence-electron chi connectivity index (χ0n) is 18.9. The van der Waals surface area contributed by atoms with E-state index in [-0.39, 0.29) is 37.3 Å². The van der Waals surface area contributed by atoms with E-state index in [0.29, 0.717) is 22.2 Å². The average Bonchev–Trinajstić information content (AvgIpc) is 3.52. The molecule has 7 nitrogen and oxygen atoms in total. The van der Waals surface area contributed by atoms with Crippen molar-refractivity contribution in [3.05, 3.63) is 101 Å². The maximum Gasteiger partial charge on any atom is 0.273 e. The molecule has 2 aromatic heterocycles. The molecular formula is C26H22ClFN4O3. The molecule has 0 radical (unpaired) electrons. The van der Waals surface area contributed by atoms with Crippen LogP contribution in [0.1, 0.15) is 28.5 Å². The van der Waals surface area contributed by atoms with Crippen LogP contribution < -0.4 is 5.32 Å². The van der Waals surface area contributed by atoms with Gasteiger partial charge in [0, 0.05) is 24.2 Å². The Hall–Kier alpha value is -3.91. The van der Waals surface area contributed by atoms with Crippen molar-refractivity contribution in [2.24, 2.45) is 0 Å². The Morgan fingerprint density at radius 2 is 1.94 bits per heavy atom. The van der Waals surface area contributed by atoms with Gasteiger partial charge in [0.1, 0.15) is 22.7 Å². The number of halogens is 2. The van der Waals surface area contributed by atoms with Gasteiger partial charge in [-0.05, 0) is 48.4 Å². The Morgan fingerprint density at radius 1 is 1.17 bits per heavy atom. The number of benzene rings is 2. The minimum Gasteiger partial charge on any atom is -0.463 e. The molecule has 2 aromatic carbocycles. The third-order valence-electron chi connectivity index (χ3n) is 6.21. The van der Waals surface area contributed by atoms with Crippen LogP contribution in [0, 0.1) is 5.82 Å². The molecule has 5 rings (SSSR count). The van der Waals surface area contributed by atoms with E-state index in [1.54, 1.807) is 48.0 Å². The second-order valence-corrected chi connectivity index (χ2v) is 9.02. The maximum atomic E-state index is 13.7. The van der Waals surface area contributed by atoms with Crippen molar-refractivity contribution >= 4 is 23.4 Å². The highest BCUT2D eigenvalue weighted by Gasteiger charge is 2.48. The Kier molecular flexibility index (Phi) is 5.90. The van der Waals surface area contributed by atoms with Crippen LogP contribution in [0.3, 0.4) is 0 Å². The summed E-state index contributed by atoms with van der Waals surface area (Å²) in [6, 6.07) is 18.3. The zero-order valence-corrected chi connectivity index (χ0v) is 19.6. The lowest BCUT2D eigenvalue weighted by molar-refractivity contribution is -0.133. The Bertz CT molecular complexity index is 1380. The van der Waals surface area contributed by atoms with Crippen molar-refractivity contribution in [3.63, 3.8) is 0 Å². The van der Waals surface area contributed by atoms with Crippen molar-refractivity contribution < 1.29 is 18.4 Å². The first kappa shape index (κ1) is 22.9. The van der Waals surface area contributed by atoms with Gasteiger partial charge in [-0.1, -0.05) is 41.9 Å². The summed E-state index contributed by atoms with van der Waals surface area (Å²) in [5.41, 5.74) is 1.05. The normalized spacial score (nSPS) is 17.3. The zero-order chi connectivity index (χ0) is 24.6. The molecule has 0 spiro atoms. The number of rotatable bonds is 6. The van der Waals surface area contributed by atoms with Gasteiger partial charge in [0.2, 0.25) is 5.91 Å². The van der Waals surface area contributed by atoms with E-state index in [0.717, 1.165) is 11.1 Å². The first-order valence-electron chi connectivity index (χ1n) is 11.0. The van der Waals surface area contributed by atoms with Gasteiger partial charge in [-0.2, -0.15) is 5.10 Å². The van der Waals surface area contributed by atoms with Gasteiger partial charge >= 0.3 is 0 Å². The predicted octanol–water partition coefficient (Wildman–Crippen LogP) is 4.67. The molecule has 0 fully saturated rings. The molecule has 0 saturated carbocycles. The Balaban J connectivity index is 1.49. The SMILES string of the molecule is C[C@@]1(C(=O)NCc2ccc(F)cc2)Cn2nc(-c3ccco3)cc2C(=O)N1Cc1ccccc1Cl. The van der Waals surface area contributed by atoms with Gasteiger partial charge < -0.3 is 14.6 Å². The summed E-state index contributed by atoms with van der Waals surface area (Å²) >= 11 is 6.39. The molecule has 1 atom stereocenters. The molecule has 0 saturated heterocycles. The Labute approximate surface area is 206 Å². The lowest BCUT2D eigenvalue weighted by atomic mass is 9.94. The van der Waals surface area contributed by atoms with E-state index < -0.39 is 5.54 Å². The van der Waals surface area contributed by atoms with Crippen molar-refractivity contribution in [2.75, 3.05) is 0 Å². The van der Waals surface area contributed by atoms with E-state index in [2.05, 4.69) is 10.4 Å². The monoisotopic (exact) mass is 492 g/mol. The van der Waals surface area contributed by atoms with Gasteiger partial charge in [-0.15, -0.1) is 0 Å². The molecule has 3 heterocycles. The number of furan rings is 1. The molecule has 9 heteroatoms. The van der Waals surface area contributed by atoms with Gasteiger partial charge in [0.15, 0.2) is 5.76 Å². The third kappa shape index (κ3) is 4.33. The number of hydrogen-bond acceptors (Lipinski definition) is 4. The standard InChI is InChI=1S/C26H22ClFN4O3/c1-26(25(34)29-14-17-8-10-19(28)11-9-17)16-32-22(13-21(30-32)23-7-4-12-35-23)24(33)31(26)15-18-5-2-3-6-20(18)27/h2-13H,14-16H2,1H3,(H,29,34)/t26-/m0/s1. The lowest BCUT2D eigenvalue weighted by Gasteiger charge is -2.43. The van der Waals surface area contributed by atoms with Gasteiger partial charge in [0.05, 0.1) is 12.8 Å². The molecule has 1 aliphatic heterocycles. The summed E-state index contributed by atoms with van der Waals surface area (Å²) in [6.07, 6.45) is 1.53. The number of carbonyl (C=O) groups excluding carboxylic acids is 2. The summed E-state index contributed by atoms with van der Waals surface area (Å²) in [7, 11) is 0. The molecule has 4 aromatic rings. The van der Waals surface area contributed by atoms with Crippen LogP contribution in [-0.2, 0) is 24.4 Å². The van der Waals surface area contributed by atoms with Gasteiger partial charge in [-0.25, -0.2) is 4.39 Å². The number of amides is 2. The van der Waals surface area contributed by atoms with E-state index >= 15 is 0 Å². The molecule has 0 aliphatic carbocycles. The van der Waals surface area contributed by atoms with Crippen LogP contribution in [-0.4, -0.2) is 32.0 Å². The van der Waals surface area contributed by atoms with Crippen molar-refractivity contribution in [1.29, 1.82) is 0 Å². The van der Waals surface area contributed by atoms with Crippen LogP contribution >= 0.6 is 11.6 Å². The molecular weight excluding hydrogens is 471 g/mol. The third-order valence-corrected chi connectivity index (χ3v) is 6.58. The van der Waals surface area contributed by atoms with Crippen molar-refractivity contribution in [3.8, 4) is 11.5 Å². The number of nitrogens with one attached hydrogen (secondary N) is 1. The van der Waals surface area contributed by atoms with Crippen LogP contribution in [0.4, 0.5) is 4.39 Å². The molecule has 0 unspecified atom stereocenters. The van der Waals surface area contributed by atoms with Crippen molar-refractivity contribution in [2.45, 2.75) is 32.1 Å². The summed E-state index contributed by atoms with van der Waals surface area (Å²) in [4.78, 5) is 28.8. The quantitative estimate of drug-likeness (QED) is 0.424. The number of carbonyl (C=O) groups is 2. The van der Waals surface area contributed by atoms with E-state index in [1.807, 2.05) is 18.2 Å². The molecule has 178 valence electrons. The van der Waals surface area contributed by atoms with Crippen LogP contribution in [0.5, 0.6) is 0 Å². The fourth-order valence-corrected chi connectivity index (χ4v) is 4.40. The minimum atomic E-state index is -1.27. The first-order valence-corrected chi connectivity index (χ1v) is 11.4. The van der Waals surface area contributed by atoms with Crippen LogP contribution in [0.15, 0.2) is 77.4 Å². The molecule has 0 bridgehead atoms. The highest BCUT2D eigenvalue weighted by Crippen LogP contribution is 2.32. The maximum absolute atomic E-state index is 13.7. The van der Waals surface area contributed by atoms with E-state index in [1.165, 1.54) is 23.3 Å². The van der Waals surface area contributed by atoms with E-state index in [4.69, 9.17) is 16.0 Å². The molecule has 1 aliphatic rings. The second-order valence-electron chi connectivity index (χ2n) is 8.62. The van der Waals surface area contributed by atoms with E-state index in [9.17, 15) is 14.0 Å². The second kappa shape index (κ2) is 9.03. The summed E-state index contributed by atoms with van der Waals surface area (Å²) in [6.45, 7) is 2.17. The molecule has 1 N–H and O–H groups in total. The molecule has 2 amide bonds. The summed E-state index contributed by atoms with van der Waals surface area (Å²) in [5.74, 6) is -0.530. The number of aromatic nitrogens is 2.